The van der Waals surface area contributed by atoms with E-state index >= 15 is 0 Å². The predicted octanol–water partition coefficient (Wildman–Crippen LogP) is 4.01. The minimum absolute atomic E-state index is 0.0429. The second-order valence-corrected chi connectivity index (χ2v) is 6.55. The highest BCUT2D eigenvalue weighted by molar-refractivity contribution is 7.18. The Morgan fingerprint density at radius 3 is 2.81 bits per heavy atom. The molecule has 0 saturated heterocycles. The van der Waals surface area contributed by atoms with Gasteiger partial charge in [0.05, 0.1) is 21.3 Å². The van der Waals surface area contributed by atoms with Gasteiger partial charge in [0.15, 0.2) is 0 Å². The number of aromatic nitrogens is 1. The molecule has 0 aliphatic heterocycles. The smallest absolute Gasteiger partial charge is 0.0958 e. The van der Waals surface area contributed by atoms with Crippen LogP contribution in [-0.2, 0) is 6.42 Å². The fraction of sp³-hybridized carbons (Fsp3) is 0.188. The molecule has 108 valence electrons. The van der Waals surface area contributed by atoms with Gasteiger partial charge in [0.2, 0.25) is 0 Å². The third-order valence-corrected chi connectivity index (χ3v) is 4.84. The van der Waals surface area contributed by atoms with Crippen molar-refractivity contribution in [3.05, 3.63) is 63.6 Å². The number of halogens is 1. The van der Waals surface area contributed by atoms with Crippen molar-refractivity contribution in [3.8, 4) is 0 Å². The first-order chi connectivity index (χ1) is 10.2. The lowest BCUT2D eigenvalue weighted by Gasteiger charge is -2.16. The summed E-state index contributed by atoms with van der Waals surface area (Å²) in [6.45, 7) is 2.02. The second kappa shape index (κ2) is 6.12. The zero-order valence-electron chi connectivity index (χ0n) is 11.6. The Kier molecular flexibility index (Phi) is 4.22. The van der Waals surface area contributed by atoms with Gasteiger partial charge in [0, 0.05) is 11.4 Å². The Morgan fingerprint density at radius 1 is 1.29 bits per heavy atom. The molecule has 3 N–H and O–H groups in total. The predicted molar refractivity (Wildman–Crippen MR) is 89.6 cm³/mol. The molecule has 0 amide bonds. The first-order valence-electron chi connectivity index (χ1n) is 6.74. The number of hydrazine groups is 1. The van der Waals surface area contributed by atoms with Crippen molar-refractivity contribution < 1.29 is 0 Å². The van der Waals surface area contributed by atoms with Crippen LogP contribution in [0.5, 0.6) is 0 Å². The SMILES string of the molecule is Cc1ccc(C(Cc2nc3ccccc3s2)NN)c(Cl)c1. The number of nitrogens with one attached hydrogen (secondary N) is 1. The van der Waals surface area contributed by atoms with Crippen molar-refractivity contribution in [3.63, 3.8) is 0 Å². The van der Waals surface area contributed by atoms with E-state index in [0.717, 1.165) is 33.1 Å². The third kappa shape index (κ3) is 3.09. The molecule has 5 heteroatoms. The third-order valence-electron chi connectivity index (χ3n) is 3.45. The quantitative estimate of drug-likeness (QED) is 0.565. The monoisotopic (exact) mass is 317 g/mol. The summed E-state index contributed by atoms with van der Waals surface area (Å²) in [5.41, 5.74) is 6.03. The Morgan fingerprint density at radius 2 is 2.10 bits per heavy atom. The van der Waals surface area contributed by atoms with Crippen molar-refractivity contribution in [1.82, 2.24) is 10.4 Å². The molecule has 1 aromatic heterocycles. The van der Waals surface area contributed by atoms with E-state index < -0.39 is 0 Å². The van der Waals surface area contributed by atoms with Crippen molar-refractivity contribution in [2.75, 3.05) is 0 Å². The summed E-state index contributed by atoms with van der Waals surface area (Å²) >= 11 is 8.03. The minimum atomic E-state index is -0.0429. The van der Waals surface area contributed by atoms with Crippen molar-refractivity contribution in [1.29, 1.82) is 0 Å². The highest BCUT2D eigenvalue weighted by Gasteiger charge is 2.16. The standard InChI is InChI=1S/C16H16ClN3S/c1-10-6-7-11(12(17)8-10)14(20-18)9-16-19-13-4-2-3-5-15(13)21-16/h2-8,14,20H,9,18H2,1H3. The number of nitrogens with zero attached hydrogens (tertiary/aromatic N) is 1. The summed E-state index contributed by atoms with van der Waals surface area (Å²) in [6.07, 6.45) is 0.721. The number of rotatable bonds is 4. The maximum Gasteiger partial charge on any atom is 0.0958 e. The lowest BCUT2D eigenvalue weighted by atomic mass is 10.0. The number of para-hydroxylation sites is 1. The molecular weight excluding hydrogens is 302 g/mol. The largest absolute Gasteiger partial charge is 0.271 e. The van der Waals surface area contributed by atoms with Crippen molar-refractivity contribution in [2.24, 2.45) is 5.84 Å². The molecule has 0 saturated carbocycles. The molecule has 1 heterocycles. The van der Waals surface area contributed by atoms with E-state index in [4.69, 9.17) is 17.4 Å². The van der Waals surface area contributed by atoms with E-state index in [0.29, 0.717) is 0 Å². The first-order valence-corrected chi connectivity index (χ1v) is 7.93. The van der Waals surface area contributed by atoms with E-state index in [-0.39, 0.29) is 6.04 Å². The average Bonchev–Trinajstić information content (AvgIpc) is 2.87. The molecule has 21 heavy (non-hydrogen) atoms. The summed E-state index contributed by atoms with van der Waals surface area (Å²) in [7, 11) is 0. The molecule has 0 spiro atoms. The van der Waals surface area contributed by atoms with Gasteiger partial charge >= 0.3 is 0 Å². The number of fused-ring (bicyclic) bond motifs is 1. The molecule has 2 aromatic carbocycles. The van der Waals surface area contributed by atoms with E-state index in [1.165, 1.54) is 4.70 Å². The fourth-order valence-corrected chi connectivity index (χ4v) is 3.73. The van der Waals surface area contributed by atoms with Gasteiger partial charge in [0.1, 0.15) is 0 Å². The number of nitrogens with two attached hydrogens (primary N) is 1. The molecule has 0 bridgehead atoms. The van der Waals surface area contributed by atoms with Gasteiger partial charge in [0.25, 0.3) is 0 Å². The van der Waals surface area contributed by atoms with Crippen LogP contribution in [0.25, 0.3) is 10.2 Å². The molecular formula is C16H16ClN3S. The number of benzene rings is 2. The maximum atomic E-state index is 6.34. The summed E-state index contributed by atoms with van der Waals surface area (Å²) in [5.74, 6) is 5.72. The molecule has 0 fully saturated rings. The van der Waals surface area contributed by atoms with E-state index in [2.05, 4.69) is 16.5 Å². The van der Waals surface area contributed by atoms with Gasteiger partial charge in [-0.25, -0.2) is 4.98 Å². The van der Waals surface area contributed by atoms with E-state index in [9.17, 15) is 0 Å². The number of hydrogen-bond donors (Lipinski definition) is 2. The molecule has 3 nitrogen and oxygen atoms in total. The Balaban J connectivity index is 1.90. The highest BCUT2D eigenvalue weighted by atomic mass is 35.5. The van der Waals surface area contributed by atoms with E-state index in [1.807, 2.05) is 43.3 Å². The summed E-state index contributed by atoms with van der Waals surface area (Å²) in [5, 5.41) is 1.79. The Bertz CT molecular complexity index is 736. The number of hydrogen-bond acceptors (Lipinski definition) is 4. The molecule has 1 unspecified atom stereocenters. The van der Waals surface area contributed by atoms with Crippen LogP contribution in [0, 0.1) is 6.92 Å². The lowest BCUT2D eigenvalue weighted by Crippen LogP contribution is -2.29. The van der Waals surface area contributed by atoms with Crippen LogP contribution in [0.2, 0.25) is 5.02 Å². The molecule has 0 aliphatic carbocycles. The van der Waals surface area contributed by atoms with Crippen LogP contribution >= 0.6 is 22.9 Å². The zero-order valence-corrected chi connectivity index (χ0v) is 13.2. The van der Waals surface area contributed by atoms with Crippen LogP contribution in [0.4, 0.5) is 0 Å². The number of aryl methyl sites for hydroxylation is 1. The van der Waals surface area contributed by atoms with Crippen LogP contribution < -0.4 is 11.3 Å². The molecule has 0 radical (unpaired) electrons. The molecule has 3 aromatic rings. The topological polar surface area (TPSA) is 50.9 Å². The molecule has 1 atom stereocenters. The molecule has 0 aliphatic rings. The minimum Gasteiger partial charge on any atom is -0.271 e. The lowest BCUT2D eigenvalue weighted by molar-refractivity contribution is 0.551. The normalized spacial score (nSPS) is 12.7. The van der Waals surface area contributed by atoms with Gasteiger partial charge in [-0.15, -0.1) is 11.3 Å². The zero-order chi connectivity index (χ0) is 14.8. The van der Waals surface area contributed by atoms with Crippen LogP contribution in [-0.4, -0.2) is 4.98 Å². The Labute approximate surface area is 132 Å². The Hall–Kier alpha value is -1.46. The van der Waals surface area contributed by atoms with Crippen LogP contribution in [0.15, 0.2) is 42.5 Å². The van der Waals surface area contributed by atoms with Gasteiger partial charge in [-0.1, -0.05) is 35.9 Å². The fourth-order valence-electron chi connectivity index (χ4n) is 2.36. The summed E-state index contributed by atoms with van der Waals surface area (Å²) in [4.78, 5) is 4.65. The molecule has 3 rings (SSSR count). The maximum absolute atomic E-state index is 6.34. The van der Waals surface area contributed by atoms with Gasteiger partial charge in [-0.3, -0.25) is 11.3 Å². The average molecular weight is 318 g/mol. The van der Waals surface area contributed by atoms with Crippen LogP contribution in [0.1, 0.15) is 22.2 Å². The van der Waals surface area contributed by atoms with Crippen molar-refractivity contribution in [2.45, 2.75) is 19.4 Å². The second-order valence-electron chi connectivity index (χ2n) is 5.02. The van der Waals surface area contributed by atoms with E-state index in [1.54, 1.807) is 11.3 Å². The van der Waals surface area contributed by atoms with Crippen molar-refractivity contribution >= 4 is 33.2 Å². The summed E-state index contributed by atoms with van der Waals surface area (Å²) < 4.78 is 1.19. The van der Waals surface area contributed by atoms with Gasteiger partial charge < -0.3 is 0 Å². The van der Waals surface area contributed by atoms with Crippen LogP contribution in [0.3, 0.4) is 0 Å². The van der Waals surface area contributed by atoms with Gasteiger partial charge in [-0.2, -0.15) is 0 Å². The first kappa shape index (κ1) is 14.5. The highest BCUT2D eigenvalue weighted by Crippen LogP contribution is 2.29. The summed E-state index contributed by atoms with van der Waals surface area (Å²) in [6, 6.07) is 14.1. The number of thiazole rings is 1. The van der Waals surface area contributed by atoms with Gasteiger partial charge in [-0.05, 0) is 36.2 Å².